The molecule has 2 aliphatic heterocycles. The average molecular weight is 480 g/mol. The highest BCUT2D eigenvalue weighted by Gasteiger charge is 2.36. The molecule has 3 heterocycles. The highest BCUT2D eigenvalue weighted by Crippen LogP contribution is 2.31. The lowest BCUT2D eigenvalue weighted by Crippen LogP contribution is -2.41. The molecule has 1 aromatic carbocycles. The van der Waals surface area contributed by atoms with Crippen LogP contribution in [0.2, 0.25) is 0 Å². The van der Waals surface area contributed by atoms with Gasteiger partial charge in [0.1, 0.15) is 5.82 Å². The normalized spacial score (nSPS) is 17.8. The van der Waals surface area contributed by atoms with Crippen molar-refractivity contribution in [2.75, 3.05) is 35.2 Å². The van der Waals surface area contributed by atoms with Crippen LogP contribution < -0.4 is 21.1 Å². The molecule has 3 N–H and O–H groups in total. The molecule has 2 aliphatic rings. The zero-order chi connectivity index (χ0) is 25.1. The van der Waals surface area contributed by atoms with Gasteiger partial charge in [0.2, 0.25) is 17.8 Å². The van der Waals surface area contributed by atoms with E-state index in [1.807, 2.05) is 24.0 Å². The molecule has 0 unspecified atom stereocenters. The highest BCUT2D eigenvalue weighted by molar-refractivity contribution is 6.04. The van der Waals surface area contributed by atoms with Gasteiger partial charge in [-0.2, -0.15) is 4.98 Å². The fourth-order valence-electron chi connectivity index (χ4n) is 4.39. The third-order valence-corrected chi connectivity index (χ3v) is 6.31. The first kappa shape index (κ1) is 24.2. The molecule has 0 saturated carbocycles. The first-order valence-corrected chi connectivity index (χ1v) is 11.7. The molecule has 10 heteroatoms. The molecule has 10 nitrogen and oxygen atoms in total. The number of nitrogens with zero attached hydrogens (tertiary/aromatic N) is 2. The number of H-pyrrole nitrogens is 1. The van der Waals surface area contributed by atoms with Gasteiger partial charge in [-0.05, 0) is 44.4 Å². The van der Waals surface area contributed by atoms with Gasteiger partial charge in [0.05, 0.1) is 24.0 Å². The third kappa shape index (κ3) is 5.26. The van der Waals surface area contributed by atoms with Gasteiger partial charge in [0, 0.05) is 25.2 Å². The molecular formula is C25H29N5O5. The van der Waals surface area contributed by atoms with Crippen molar-refractivity contribution in [3.63, 3.8) is 0 Å². The number of benzene rings is 1. The largest absolute Gasteiger partial charge is 0.466 e. The number of esters is 1. The lowest BCUT2D eigenvalue weighted by Gasteiger charge is -2.32. The molecular weight excluding hydrogens is 450 g/mol. The van der Waals surface area contributed by atoms with E-state index in [-0.39, 0.29) is 35.6 Å². The molecule has 1 fully saturated rings. The summed E-state index contributed by atoms with van der Waals surface area (Å²) in [6.45, 7) is 8.90. The fourth-order valence-corrected chi connectivity index (χ4v) is 4.39. The predicted molar refractivity (Wildman–Crippen MR) is 132 cm³/mol. The Balaban J connectivity index is 1.52. The van der Waals surface area contributed by atoms with Gasteiger partial charge in [-0.15, -0.1) is 0 Å². The van der Waals surface area contributed by atoms with Crippen LogP contribution in [-0.2, 0) is 19.1 Å². The number of ether oxygens (including phenoxy) is 1. The highest BCUT2D eigenvalue weighted by atomic mass is 16.5. The molecule has 0 spiro atoms. The molecule has 35 heavy (non-hydrogen) atoms. The second-order valence-electron chi connectivity index (χ2n) is 8.82. The fraction of sp³-hybridized carbons (Fsp3) is 0.400. The second-order valence-corrected chi connectivity index (χ2v) is 8.82. The summed E-state index contributed by atoms with van der Waals surface area (Å²) in [6.07, 6.45) is 0.986. The monoisotopic (exact) mass is 479 g/mol. The molecule has 2 amide bonds. The van der Waals surface area contributed by atoms with E-state index in [0.717, 1.165) is 11.1 Å². The topological polar surface area (TPSA) is 133 Å². The summed E-state index contributed by atoms with van der Waals surface area (Å²) < 4.78 is 5.10. The minimum atomic E-state index is -0.973. The van der Waals surface area contributed by atoms with Crippen LogP contribution >= 0.6 is 0 Å². The van der Waals surface area contributed by atoms with Crippen molar-refractivity contribution in [2.24, 2.45) is 5.92 Å². The molecule has 1 saturated heterocycles. The number of aromatic nitrogens is 2. The first-order valence-electron chi connectivity index (χ1n) is 11.7. The Hall–Kier alpha value is -3.95. The second kappa shape index (κ2) is 10.1. The number of allylic oxidation sites excluding steroid dienone is 1. The zero-order valence-corrected chi connectivity index (χ0v) is 19.8. The Morgan fingerprint density at radius 3 is 2.51 bits per heavy atom. The van der Waals surface area contributed by atoms with E-state index in [2.05, 4.69) is 27.2 Å². The van der Waals surface area contributed by atoms with Crippen molar-refractivity contribution in [1.82, 2.24) is 9.97 Å². The Morgan fingerprint density at radius 2 is 1.89 bits per heavy atom. The molecule has 0 aliphatic carbocycles. The minimum Gasteiger partial charge on any atom is -0.466 e. The van der Waals surface area contributed by atoms with Gasteiger partial charge in [0.15, 0.2) is 0 Å². The Bertz CT molecular complexity index is 1210. The number of fused-ring (bicyclic) bond motifs is 1. The van der Waals surface area contributed by atoms with Gasteiger partial charge < -0.3 is 20.3 Å². The number of nitrogens with one attached hydrogen (secondary N) is 3. The number of aromatic amines is 1. The summed E-state index contributed by atoms with van der Waals surface area (Å²) in [4.78, 5) is 59.5. The number of amides is 2. The Kier molecular flexibility index (Phi) is 6.99. The van der Waals surface area contributed by atoms with E-state index in [9.17, 15) is 19.2 Å². The molecule has 4 rings (SSSR count). The van der Waals surface area contributed by atoms with Crippen LogP contribution in [0.25, 0.3) is 5.57 Å². The lowest BCUT2D eigenvalue weighted by molar-refractivity contribution is -0.148. The summed E-state index contributed by atoms with van der Waals surface area (Å²) in [6, 6.07) is 7.17. The number of anilines is 3. The average Bonchev–Trinajstić information content (AvgIpc) is 2.83. The predicted octanol–water partition coefficient (Wildman–Crippen LogP) is 2.65. The summed E-state index contributed by atoms with van der Waals surface area (Å²) in [5.41, 5.74) is 2.06. The number of carbonyl (C=O) groups is 3. The van der Waals surface area contributed by atoms with Crippen molar-refractivity contribution in [2.45, 2.75) is 39.0 Å². The molecule has 2 aromatic rings. The van der Waals surface area contributed by atoms with Crippen LogP contribution in [0.1, 0.15) is 50.2 Å². The van der Waals surface area contributed by atoms with Crippen LogP contribution in [-0.4, -0.2) is 47.4 Å². The van der Waals surface area contributed by atoms with Crippen LogP contribution in [0.5, 0.6) is 0 Å². The SMILES string of the molecule is C=C(C)c1ccc(NC(=O)[C@H]2CC(=O)Nc3nc(N4CCC(C(=O)OCC)CC4)[nH]c(=O)c32)cc1. The molecule has 1 aromatic heterocycles. The van der Waals surface area contributed by atoms with Crippen LogP contribution in [0.3, 0.4) is 0 Å². The molecule has 0 bridgehead atoms. The van der Waals surface area contributed by atoms with Crippen LogP contribution in [0, 0.1) is 5.92 Å². The quantitative estimate of drug-likeness (QED) is 0.543. The van der Waals surface area contributed by atoms with Gasteiger partial charge in [-0.25, -0.2) is 0 Å². The van der Waals surface area contributed by atoms with E-state index in [1.165, 1.54) is 0 Å². The van der Waals surface area contributed by atoms with Crippen LogP contribution in [0.15, 0.2) is 35.6 Å². The minimum absolute atomic E-state index is 0.0882. The number of rotatable bonds is 6. The van der Waals surface area contributed by atoms with Crippen molar-refractivity contribution in [3.05, 3.63) is 52.3 Å². The van der Waals surface area contributed by atoms with E-state index in [0.29, 0.717) is 44.2 Å². The first-order chi connectivity index (χ1) is 16.8. The van der Waals surface area contributed by atoms with Gasteiger partial charge in [-0.1, -0.05) is 24.3 Å². The van der Waals surface area contributed by atoms with E-state index in [1.54, 1.807) is 19.1 Å². The Morgan fingerprint density at radius 1 is 1.20 bits per heavy atom. The zero-order valence-electron chi connectivity index (χ0n) is 19.8. The maximum absolute atomic E-state index is 13.0. The molecule has 184 valence electrons. The lowest BCUT2D eigenvalue weighted by atomic mass is 9.92. The van der Waals surface area contributed by atoms with Gasteiger partial charge >= 0.3 is 5.97 Å². The molecule has 1 atom stereocenters. The Labute approximate surface area is 202 Å². The van der Waals surface area contributed by atoms with Gasteiger partial charge in [0.25, 0.3) is 5.56 Å². The third-order valence-electron chi connectivity index (χ3n) is 6.31. The van der Waals surface area contributed by atoms with Crippen LogP contribution in [0.4, 0.5) is 17.5 Å². The summed E-state index contributed by atoms with van der Waals surface area (Å²) in [7, 11) is 0. The van der Waals surface area contributed by atoms with E-state index >= 15 is 0 Å². The standard InChI is InChI=1S/C25H29N5O5/c1-4-35-24(34)16-9-11-30(12-10-16)25-28-21-20(23(33)29-25)18(13-19(31)27-21)22(32)26-17-7-5-15(6-8-17)14(2)3/h5-8,16,18H,2,4,9-13H2,1,3H3,(H,26,32)(H2,27,28,29,31,33)/t18-/m0/s1. The van der Waals surface area contributed by atoms with Crippen molar-refractivity contribution >= 4 is 40.8 Å². The van der Waals surface area contributed by atoms with Crippen molar-refractivity contribution in [1.29, 1.82) is 0 Å². The summed E-state index contributed by atoms with van der Waals surface area (Å²) in [5, 5.41) is 5.42. The smallest absolute Gasteiger partial charge is 0.309 e. The number of piperidine rings is 1. The van der Waals surface area contributed by atoms with Crippen molar-refractivity contribution < 1.29 is 19.1 Å². The molecule has 0 radical (unpaired) electrons. The van der Waals surface area contributed by atoms with E-state index < -0.39 is 17.4 Å². The maximum Gasteiger partial charge on any atom is 0.309 e. The number of carbonyl (C=O) groups excluding carboxylic acids is 3. The number of hydrogen-bond acceptors (Lipinski definition) is 7. The van der Waals surface area contributed by atoms with Crippen molar-refractivity contribution in [3.8, 4) is 0 Å². The summed E-state index contributed by atoms with van der Waals surface area (Å²) >= 11 is 0. The summed E-state index contributed by atoms with van der Waals surface area (Å²) in [5.74, 6) is -1.83. The number of hydrogen-bond donors (Lipinski definition) is 3. The van der Waals surface area contributed by atoms with Gasteiger partial charge in [-0.3, -0.25) is 24.2 Å². The van der Waals surface area contributed by atoms with E-state index in [4.69, 9.17) is 4.74 Å². The maximum atomic E-state index is 13.0.